The van der Waals surface area contributed by atoms with Crippen LogP contribution in [0.25, 0.3) is 5.69 Å². The van der Waals surface area contributed by atoms with E-state index < -0.39 is 11.8 Å². The van der Waals surface area contributed by atoms with Gasteiger partial charge in [0.2, 0.25) is 0 Å². The Kier molecular flexibility index (Phi) is 4.90. The zero-order valence-corrected chi connectivity index (χ0v) is 14.8. The predicted molar refractivity (Wildman–Crippen MR) is 95.2 cm³/mol. The molecule has 0 aliphatic rings. The van der Waals surface area contributed by atoms with Crippen molar-refractivity contribution >= 4 is 27.7 Å². The molecule has 0 unspecified atom stereocenters. The van der Waals surface area contributed by atoms with Gasteiger partial charge in [0.25, 0.3) is 11.8 Å². The smallest absolute Gasteiger partial charge is 0.267 e. The van der Waals surface area contributed by atoms with Crippen molar-refractivity contribution in [3.8, 4) is 5.69 Å². The highest BCUT2D eigenvalue weighted by molar-refractivity contribution is 9.10. The number of aromatic nitrogens is 3. The summed E-state index contributed by atoms with van der Waals surface area (Å²) in [5.41, 5.74) is 6.61. The first-order valence-electron chi connectivity index (χ1n) is 7.40. The molecule has 3 rings (SSSR count). The summed E-state index contributed by atoms with van der Waals surface area (Å²) in [5, 5.41) is 7.91. The molecule has 0 aliphatic carbocycles. The highest BCUT2D eigenvalue weighted by atomic mass is 79.9. The molecule has 0 aliphatic heterocycles. The fourth-order valence-electron chi connectivity index (χ4n) is 2.23. The van der Waals surface area contributed by atoms with Crippen molar-refractivity contribution in [3.05, 3.63) is 76.0 Å². The van der Waals surface area contributed by atoms with Crippen LogP contribution in [0.2, 0.25) is 0 Å². The number of carbonyl (C=O) groups is 2. The first-order valence-corrected chi connectivity index (χ1v) is 8.19. The van der Waals surface area contributed by atoms with Gasteiger partial charge < -0.3 is 0 Å². The zero-order chi connectivity index (χ0) is 17.8. The summed E-state index contributed by atoms with van der Waals surface area (Å²) >= 11 is 3.39. The van der Waals surface area contributed by atoms with Gasteiger partial charge in [0.1, 0.15) is 0 Å². The molecular formula is C17H14BrN5O2. The largest absolute Gasteiger partial charge is 0.292 e. The molecule has 0 radical (unpaired) electrons. The fourth-order valence-corrected chi connectivity index (χ4v) is 2.61. The van der Waals surface area contributed by atoms with Gasteiger partial charge in [-0.3, -0.25) is 20.4 Å². The first kappa shape index (κ1) is 16.8. The minimum Gasteiger partial charge on any atom is -0.267 e. The van der Waals surface area contributed by atoms with Crippen molar-refractivity contribution < 1.29 is 9.59 Å². The fraction of sp³-hybridized carbons (Fsp3) is 0.0588. The third kappa shape index (κ3) is 3.74. The van der Waals surface area contributed by atoms with Crippen molar-refractivity contribution in [2.24, 2.45) is 0 Å². The number of nitrogens with zero attached hydrogens (tertiary/aromatic N) is 3. The second-order valence-electron chi connectivity index (χ2n) is 5.19. The summed E-state index contributed by atoms with van der Waals surface area (Å²) in [6, 6.07) is 16.1. The Bertz CT molecular complexity index is 924. The van der Waals surface area contributed by atoms with Crippen molar-refractivity contribution in [3.63, 3.8) is 0 Å². The molecule has 2 N–H and O–H groups in total. The molecule has 2 amide bonds. The van der Waals surface area contributed by atoms with Crippen molar-refractivity contribution in [2.75, 3.05) is 0 Å². The van der Waals surface area contributed by atoms with E-state index in [4.69, 9.17) is 0 Å². The van der Waals surface area contributed by atoms with E-state index in [1.165, 1.54) is 0 Å². The van der Waals surface area contributed by atoms with Gasteiger partial charge in [-0.25, -0.2) is 4.68 Å². The molecular weight excluding hydrogens is 386 g/mol. The molecule has 0 saturated heterocycles. The number of amides is 2. The van der Waals surface area contributed by atoms with E-state index in [0.717, 1.165) is 10.2 Å². The van der Waals surface area contributed by atoms with E-state index in [2.05, 4.69) is 37.1 Å². The van der Waals surface area contributed by atoms with Crippen LogP contribution < -0.4 is 10.9 Å². The van der Waals surface area contributed by atoms with Gasteiger partial charge in [0.05, 0.1) is 11.4 Å². The molecule has 25 heavy (non-hydrogen) atoms. The Balaban J connectivity index is 1.72. The summed E-state index contributed by atoms with van der Waals surface area (Å²) in [4.78, 5) is 24.2. The first-order chi connectivity index (χ1) is 12.1. The Morgan fingerprint density at radius 2 is 1.72 bits per heavy atom. The number of nitrogens with one attached hydrogen (secondary N) is 2. The van der Waals surface area contributed by atoms with Gasteiger partial charge in [0, 0.05) is 10.0 Å². The average Bonchev–Trinajstić information content (AvgIpc) is 3.01. The minimum absolute atomic E-state index is 0.133. The average molecular weight is 400 g/mol. The van der Waals surface area contributed by atoms with Gasteiger partial charge in [-0.15, -0.1) is 5.10 Å². The van der Waals surface area contributed by atoms with Crippen LogP contribution in [0.3, 0.4) is 0 Å². The molecule has 8 heteroatoms. The number of hydrogen-bond acceptors (Lipinski definition) is 4. The Labute approximate surface area is 152 Å². The predicted octanol–water partition coefficient (Wildman–Crippen LogP) is 2.41. The molecule has 2 aromatic carbocycles. The lowest BCUT2D eigenvalue weighted by atomic mass is 10.2. The zero-order valence-electron chi connectivity index (χ0n) is 13.2. The second kappa shape index (κ2) is 7.27. The summed E-state index contributed by atoms with van der Waals surface area (Å²) in [6.07, 6.45) is 0. The number of halogens is 1. The van der Waals surface area contributed by atoms with Crippen LogP contribution in [0.5, 0.6) is 0 Å². The molecule has 1 heterocycles. The lowest BCUT2D eigenvalue weighted by Gasteiger charge is -2.07. The summed E-state index contributed by atoms with van der Waals surface area (Å²) in [7, 11) is 0. The molecule has 0 atom stereocenters. The SMILES string of the molecule is Cc1c(C(=O)NNC(=O)c2ccccc2)nnn1-c1cccc(Br)c1. The van der Waals surface area contributed by atoms with Crippen LogP contribution in [0, 0.1) is 6.92 Å². The van der Waals surface area contributed by atoms with Gasteiger partial charge >= 0.3 is 0 Å². The molecule has 0 bridgehead atoms. The van der Waals surface area contributed by atoms with Crippen LogP contribution >= 0.6 is 15.9 Å². The third-order valence-electron chi connectivity index (χ3n) is 3.49. The lowest BCUT2D eigenvalue weighted by molar-refractivity contribution is 0.0843. The van der Waals surface area contributed by atoms with Crippen LogP contribution in [0.15, 0.2) is 59.1 Å². The van der Waals surface area contributed by atoms with E-state index in [0.29, 0.717) is 11.3 Å². The maximum atomic E-state index is 12.3. The van der Waals surface area contributed by atoms with Crippen LogP contribution in [0.1, 0.15) is 26.5 Å². The Morgan fingerprint density at radius 3 is 2.44 bits per heavy atom. The highest BCUT2D eigenvalue weighted by Crippen LogP contribution is 2.17. The van der Waals surface area contributed by atoms with Gasteiger partial charge in [-0.05, 0) is 37.3 Å². The Morgan fingerprint density at radius 1 is 1.00 bits per heavy atom. The van der Waals surface area contributed by atoms with Gasteiger partial charge in [-0.2, -0.15) is 0 Å². The van der Waals surface area contributed by atoms with Crippen LogP contribution in [-0.4, -0.2) is 26.8 Å². The number of rotatable bonds is 3. The summed E-state index contributed by atoms with van der Waals surface area (Å²) in [5.74, 6) is -0.950. The van der Waals surface area contributed by atoms with Crippen LogP contribution in [0.4, 0.5) is 0 Å². The van der Waals surface area contributed by atoms with E-state index in [1.807, 2.05) is 24.3 Å². The van der Waals surface area contributed by atoms with E-state index in [1.54, 1.807) is 41.9 Å². The van der Waals surface area contributed by atoms with E-state index in [-0.39, 0.29) is 5.69 Å². The van der Waals surface area contributed by atoms with Crippen molar-refractivity contribution in [1.29, 1.82) is 0 Å². The van der Waals surface area contributed by atoms with Crippen molar-refractivity contribution in [2.45, 2.75) is 6.92 Å². The van der Waals surface area contributed by atoms with E-state index >= 15 is 0 Å². The highest BCUT2D eigenvalue weighted by Gasteiger charge is 2.18. The van der Waals surface area contributed by atoms with Crippen molar-refractivity contribution in [1.82, 2.24) is 25.8 Å². The lowest BCUT2D eigenvalue weighted by Crippen LogP contribution is -2.42. The van der Waals surface area contributed by atoms with Crippen LogP contribution in [-0.2, 0) is 0 Å². The molecule has 126 valence electrons. The quantitative estimate of drug-likeness (QED) is 0.661. The summed E-state index contributed by atoms with van der Waals surface area (Å²) in [6.45, 7) is 1.73. The normalized spacial score (nSPS) is 10.3. The second-order valence-corrected chi connectivity index (χ2v) is 6.11. The van der Waals surface area contributed by atoms with Gasteiger partial charge in [-0.1, -0.05) is 45.4 Å². The topological polar surface area (TPSA) is 88.9 Å². The standard InChI is InChI=1S/C17H14BrN5O2/c1-11-15(19-22-23(11)14-9-5-8-13(18)10-14)17(25)21-20-16(24)12-6-3-2-4-7-12/h2-10H,1H3,(H,20,24)(H,21,25). The Hall–Kier alpha value is -3.00. The third-order valence-corrected chi connectivity index (χ3v) is 3.98. The molecule has 1 aromatic heterocycles. The molecule has 7 nitrogen and oxygen atoms in total. The number of carbonyl (C=O) groups excluding carboxylic acids is 2. The van der Waals surface area contributed by atoms with Gasteiger partial charge in [0.15, 0.2) is 5.69 Å². The number of hydrazine groups is 1. The number of hydrogen-bond donors (Lipinski definition) is 2. The minimum atomic E-state index is -0.539. The maximum absolute atomic E-state index is 12.3. The molecule has 3 aromatic rings. The monoisotopic (exact) mass is 399 g/mol. The molecule has 0 fully saturated rings. The molecule has 0 saturated carbocycles. The maximum Gasteiger partial charge on any atom is 0.292 e. The number of benzene rings is 2. The van der Waals surface area contributed by atoms with E-state index in [9.17, 15) is 9.59 Å². The summed E-state index contributed by atoms with van der Waals surface area (Å²) < 4.78 is 2.44. The molecule has 0 spiro atoms.